The predicted molar refractivity (Wildman–Crippen MR) is 113 cm³/mol. The fourth-order valence-electron chi connectivity index (χ4n) is 2.80. The van der Waals surface area contributed by atoms with Gasteiger partial charge in [-0.2, -0.15) is 0 Å². The van der Waals surface area contributed by atoms with Gasteiger partial charge in [-0.05, 0) is 43.2 Å². The molecule has 0 saturated carbocycles. The van der Waals surface area contributed by atoms with E-state index in [1.807, 2.05) is 36.4 Å². The SMILES string of the molecule is CC(=O)Nc1cccc(Nc2nc(C)cc(C(=O)NCCc3ccccc3)n2)c1. The summed E-state index contributed by atoms with van der Waals surface area (Å²) in [6.07, 6.45) is 0.748. The number of aromatic nitrogens is 2. The van der Waals surface area contributed by atoms with Crippen molar-refractivity contribution in [1.82, 2.24) is 15.3 Å². The van der Waals surface area contributed by atoms with Crippen LogP contribution in [0.25, 0.3) is 0 Å². The molecule has 29 heavy (non-hydrogen) atoms. The fraction of sp³-hybridized carbons (Fsp3) is 0.182. The number of hydrogen-bond acceptors (Lipinski definition) is 5. The number of amides is 2. The Morgan fingerprint density at radius 1 is 0.931 bits per heavy atom. The van der Waals surface area contributed by atoms with Crippen LogP contribution in [0.4, 0.5) is 17.3 Å². The first kappa shape index (κ1) is 20.0. The number of hydrogen-bond donors (Lipinski definition) is 3. The van der Waals surface area contributed by atoms with Gasteiger partial charge in [0.05, 0.1) is 0 Å². The predicted octanol–water partition coefficient (Wildman–Crippen LogP) is 3.46. The number of anilines is 3. The third-order valence-electron chi connectivity index (χ3n) is 4.07. The Morgan fingerprint density at radius 3 is 2.45 bits per heavy atom. The summed E-state index contributed by atoms with van der Waals surface area (Å²) in [4.78, 5) is 32.4. The van der Waals surface area contributed by atoms with Crippen LogP contribution in [-0.2, 0) is 11.2 Å². The minimum atomic E-state index is -0.249. The van der Waals surface area contributed by atoms with Gasteiger partial charge in [0, 0.05) is 30.5 Å². The van der Waals surface area contributed by atoms with E-state index >= 15 is 0 Å². The van der Waals surface area contributed by atoms with Crippen molar-refractivity contribution in [3.05, 3.63) is 77.6 Å². The van der Waals surface area contributed by atoms with E-state index in [1.54, 1.807) is 31.2 Å². The first-order valence-electron chi connectivity index (χ1n) is 9.32. The van der Waals surface area contributed by atoms with E-state index in [0.29, 0.717) is 35.3 Å². The van der Waals surface area contributed by atoms with Crippen LogP contribution in [0.3, 0.4) is 0 Å². The Balaban J connectivity index is 1.66. The van der Waals surface area contributed by atoms with E-state index < -0.39 is 0 Å². The Morgan fingerprint density at radius 2 is 1.69 bits per heavy atom. The van der Waals surface area contributed by atoms with Crippen LogP contribution in [0.5, 0.6) is 0 Å². The zero-order valence-electron chi connectivity index (χ0n) is 16.4. The maximum Gasteiger partial charge on any atom is 0.270 e. The average molecular weight is 389 g/mol. The molecule has 0 saturated heterocycles. The van der Waals surface area contributed by atoms with Crippen molar-refractivity contribution in [2.24, 2.45) is 0 Å². The number of carbonyl (C=O) groups excluding carboxylic acids is 2. The molecule has 1 heterocycles. The van der Waals surface area contributed by atoms with Gasteiger partial charge in [-0.15, -0.1) is 0 Å². The van der Waals surface area contributed by atoms with Gasteiger partial charge in [0.2, 0.25) is 11.9 Å². The fourth-order valence-corrected chi connectivity index (χ4v) is 2.80. The van der Waals surface area contributed by atoms with Gasteiger partial charge in [0.15, 0.2) is 0 Å². The highest BCUT2D eigenvalue weighted by Gasteiger charge is 2.11. The average Bonchev–Trinajstić information content (AvgIpc) is 2.68. The van der Waals surface area contributed by atoms with E-state index in [9.17, 15) is 9.59 Å². The van der Waals surface area contributed by atoms with Crippen LogP contribution < -0.4 is 16.0 Å². The smallest absolute Gasteiger partial charge is 0.270 e. The molecule has 0 fully saturated rings. The van der Waals surface area contributed by atoms with Gasteiger partial charge in [-0.1, -0.05) is 36.4 Å². The van der Waals surface area contributed by atoms with Crippen LogP contribution in [0.1, 0.15) is 28.7 Å². The number of aryl methyl sites for hydroxylation is 1. The third-order valence-corrected chi connectivity index (χ3v) is 4.07. The monoisotopic (exact) mass is 389 g/mol. The molecule has 0 radical (unpaired) electrons. The highest BCUT2D eigenvalue weighted by Crippen LogP contribution is 2.18. The number of nitrogens with one attached hydrogen (secondary N) is 3. The molecule has 0 aliphatic rings. The van der Waals surface area contributed by atoms with Gasteiger partial charge in [0.25, 0.3) is 5.91 Å². The maximum atomic E-state index is 12.5. The molecule has 3 rings (SSSR count). The summed E-state index contributed by atoms with van der Waals surface area (Å²) in [6, 6.07) is 18.8. The molecule has 2 amide bonds. The Hall–Kier alpha value is -3.74. The van der Waals surface area contributed by atoms with Crippen molar-refractivity contribution >= 4 is 29.1 Å². The van der Waals surface area contributed by atoms with Gasteiger partial charge in [-0.25, -0.2) is 9.97 Å². The Bertz CT molecular complexity index is 1010. The molecule has 0 aliphatic heterocycles. The second kappa shape index (κ2) is 9.45. The molecule has 0 atom stereocenters. The minimum Gasteiger partial charge on any atom is -0.350 e. The number of benzene rings is 2. The van der Waals surface area contributed by atoms with E-state index in [-0.39, 0.29) is 11.8 Å². The van der Waals surface area contributed by atoms with Crippen molar-refractivity contribution < 1.29 is 9.59 Å². The molecule has 0 unspecified atom stereocenters. The minimum absolute atomic E-state index is 0.150. The number of carbonyl (C=O) groups is 2. The van der Waals surface area contributed by atoms with E-state index in [2.05, 4.69) is 25.9 Å². The van der Waals surface area contributed by atoms with Crippen molar-refractivity contribution in [3.63, 3.8) is 0 Å². The van der Waals surface area contributed by atoms with Crippen LogP contribution in [0, 0.1) is 6.92 Å². The molecule has 0 aliphatic carbocycles. The summed E-state index contributed by atoms with van der Waals surface area (Å²) >= 11 is 0. The lowest BCUT2D eigenvalue weighted by atomic mass is 10.1. The Kier molecular flexibility index (Phi) is 6.52. The number of rotatable bonds is 7. The second-order valence-electron chi connectivity index (χ2n) is 6.60. The maximum absolute atomic E-state index is 12.5. The lowest BCUT2D eigenvalue weighted by Gasteiger charge is -2.10. The molecule has 7 heteroatoms. The van der Waals surface area contributed by atoms with Crippen molar-refractivity contribution in [2.45, 2.75) is 20.3 Å². The van der Waals surface area contributed by atoms with E-state index in [0.717, 1.165) is 12.0 Å². The Labute approximate surface area is 169 Å². The summed E-state index contributed by atoms with van der Waals surface area (Å²) in [5.41, 5.74) is 3.50. The molecule has 2 aromatic carbocycles. The van der Waals surface area contributed by atoms with E-state index in [4.69, 9.17) is 0 Å². The summed E-state index contributed by atoms with van der Waals surface area (Å²) in [5, 5.41) is 8.70. The van der Waals surface area contributed by atoms with Crippen molar-refractivity contribution in [1.29, 1.82) is 0 Å². The van der Waals surface area contributed by atoms with Crippen LogP contribution in [0.15, 0.2) is 60.7 Å². The number of nitrogens with zero attached hydrogens (tertiary/aromatic N) is 2. The molecular formula is C22H23N5O2. The molecule has 148 valence electrons. The molecule has 3 aromatic rings. The topological polar surface area (TPSA) is 96.0 Å². The van der Waals surface area contributed by atoms with Gasteiger partial charge >= 0.3 is 0 Å². The lowest BCUT2D eigenvalue weighted by Crippen LogP contribution is -2.27. The highest BCUT2D eigenvalue weighted by molar-refractivity contribution is 5.92. The zero-order chi connectivity index (χ0) is 20.6. The zero-order valence-corrected chi connectivity index (χ0v) is 16.4. The standard InChI is InChI=1S/C22H23N5O2/c1-15-13-20(21(29)23-12-11-17-7-4-3-5-8-17)27-22(24-15)26-19-10-6-9-18(14-19)25-16(2)28/h3-10,13-14H,11-12H2,1-2H3,(H,23,29)(H,25,28)(H,24,26,27). The van der Waals surface area contributed by atoms with Crippen LogP contribution in [0.2, 0.25) is 0 Å². The molecule has 1 aromatic heterocycles. The summed E-state index contributed by atoms with van der Waals surface area (Å²) in [7, 11) is 0. The first-order valence-corrected chi connectivity index (χ1v) is 9.32. The van der Waals surface area contributed by atoms with Crippen LogP contribution >= 0.6 is 0 Å². The molecular weight excluding hydrogens is 366 g/mol. The van der Waals surface area contributed by atoms with Crippen molar-refractivity contribution in [2.75, 3.05) is 17.2 Å². The largest absolute Gasteiger partial charge is 0.350 e. The van der Waals surface area contributed by atoms with Gasteiger partial charge in [0.1, 0.15) is 5.69 Å². The van der Waals surface area contributed by atoms with Crippen LogP contribution in [-0.4, -0.2) is 28.3 Å². The molecule has 7 nitrogen and oxygen atoms in total. The normalized spacial score (nSPS) is 10.3. The summed E-state index contributed by atoms with van der Waals surface area (Å²) < 4.78 is 0. The van der Waals surface area contributed by atoms with E-state index in [1.165, 1.54) is 6.92 Å². The van der Waals surface area contributed by atoms with Gasteiger partial charge < -0.3 is 16.0 Å². The van der Waals surface area contributed by atoms with Gasteiger partial charge in [-0.3, -0.25) is 9.59 Å². The summed E-state index contributed by atoms with van der Waals surface area (Å²) in [6.45, 7) is 3.78. The molecule has 3 N–H and O–H groups in total. The highest BCUT2D eigenvalue weighted by atomic mass is 16.2. The quantitative estimate of drug-likeness (QED) is 0.575. The first-order chi connectivity index (χ1) is 14.0. The summed E-state index contributed by atoms with van der Waals surface area (Å²) in [5.74, 6) is -0.0805. The second-order valence-corrected chi connectivity index (χ2v) is 6.60. The molecule has 0 spiro atoms. The molecule has 0 bridgehead atoms. The third kappa shape index (κ3) is 6.14. The lowest BCUT2D eigenvalue weighted by molar-refractivity contribution is -0.114. The van der Waals surface area contributed by atoms with Crippen molar-refractivity contribution in [3.8, 4) is 0 Å².